The standard InChI is InChI=1S/C19H17BrO4/c1-2-23-19(22)18-15(17-4-3-9-24-17)10-13(11-16(18)21)12-5-7-14(20)8-6-12/h3-9,11,15,18H,2,10H2,1H3/t15-,18-/m0/s1. The monoisotopic (exact) mass is 388 g/mol. The van der Waals surface area contributed by atoms with Crippen LogP contribution in [0, 0.1) is 5.92 Å². The number of ketones is 1. The first kappa shape index (κ1) is 16.7. The summed E-state index contributed by atoms with van der Waals surface area (Å²) in [6.07, 6.45) is 3.66. The Kier molecular flexibility index (Phi) is 5.00. The molecule has 0 N–H and O–H groups in total. The molecule has 1 heterocycles. The Balaban J connectivity index is 1.98. The van der Waals surface area contributed by atoms with Crippen LogP contribution < -0.4 is 0 Å². The molecule has 5 heteroatoms. The average molecular weight is 389 g/mol. The van der Waals surface area contributed by atoms with E-state index in [1.807, 2.05) is 24.3 Å². The number of carbonyl (C=O) groups excluding carboxylic acids is 2. The number of esters is 1. The van der Waals surface area contributed by atoms with Crippen molar-refractivity contribution in [2.45, 2.75) is 19.3 Å². The Morgan fingerprint density at radius 1 is 1.29 bits per heavy atom. The molecule has 2 atom stereocenters. The van der Waals surface area contributed by atoms with E-state index in [1.165, 1.54) is 0 Å². The molecule has 0 unspecified atom stereocenters. The highest BCUT2D eigenvalue weighted by atomic mass is 79.9. The van der Waals surface area contributed by atoms with E-state index in [4.69, 9.17) is 9.15 Å². The molecule has 1 aliphatic carbocycles. The van der Waals surface area contributed by atoms with Crippen molar-refractivity contribution in [2.24, 2.45) is 5.92 Å². The summed E-state index contributed by atoms with van der Waals surface area (Å²) in [7, 11) is 0. The van der Waals surface area contributed by atoms with Gasteiger partial charge in [-0.15, -0.1) is 0 Å². The number of rotatable bonds is 4. The van der Waals surface area contributed by atoms with Crippen molar-refractivity contribution >= 4 is 33.3 Å². The van der Waals surface area contributed by atoms with Crippen molar-refractivity contribution in [1.82, 2.24) is 0 Å². The van der Waals surface area contributed by atoms with Gasteiger partial charge in [0.25, 0.3) is 0 Å². The topological polar surface area (TPSA) is 56.5 Å². The molecular formula is C19H17BrO4. The number of hydrogen-bond acceptors (Lipinski definition) is 4. The van der Waals surface area contributed by atoms with Crippen molar-refractivity contribution in [1.29, 1.82) is 0 Å². The Morgan fingerprint density at radius 2 is 2.04 bits per heavy atom. The Bertz CT molecular complexity index is 759. The van der Waals surface area contributed by atoms with Crippen molar-refractivity contribution < 1.29 is 18.7 Å². The van der Waals surface area contributed by atoms with E-state index in [2.05, 4.69) is 15.9 Å². The van der Waals surface area contributed by atoms with Gasteiger partial charge in [0.05, 0.1) is 12.9 Å². The van der Waals surface area contributed by atoms with Gasteiger partial charge in [-0.25, -0.2) is 0 Å². The highest BCUT2D eigenvalue weighted by Gasteiger charge is 2.41. The number of benzene rings is 1. The molecule has 0 amide bonds. The van der Waals surface area contributed by atoms with Gasteiger partial charge in [0.1, 0.15) is 11.7 Å². The van der Waals surface area contributed by atoms with Gasteiger partial charge in [-0.05, 0) is 54.8 Å². The van der Waals surface area contributed by atoms with Crippen LogP contribution in [0.2, 0.25) is 0 Å². The normalized spacial score (nSPS) is 20.6. The summed E-state index contributed by atoms with van der Waals surface area (Å²) in [6.45, 7) is 1.98. The zero-order chi connectivity index (χ0) is 17.1. The minimum absolute atomic E-state index is 0.237. The summed E-state index contributed by atoms with van der Waals surface area (Å²) in [6, 6.07) is 11.3. The molecule has 124 valence electrons. The number of hydrogen-bond donors (Lipinski definition) is 0. The van der Waals surface area contributed by atoms with Gasteiger partial charge < -0.3 is 9.15 Å². The smallest absolute Gasteiger partial charge is 0.317 e. The molecule has 0 saturated heterocycles. The first-order valence-corrected chi connectivity index (χ1v) is 8.60. The van der Waals surface area contributed by atoms with Crippen LogP contribution in [0.3, 0.4) is 0 Å². The minimum Gasteiger partial charge on any atom is -0.469 e. The third-order valence-electron chi connectivity index (χ3n) is 4.13. The lowest BCUT2D eigenvalue weighted by molar-refractivity contribution is -0.151. The molecule has 1 aliphatic rings. The summed E-state index contributed by atoms with van der Waals surface area (Å²) in [5.74, 6) is -1.30. The predicted molar refractivity (Wildman–Crippen MR) is 93.3 cm³/mol. The van der Waals surface area contributed by atoms with Gasteiger partial charge in [-0.1, -0.05) is 28.1 Å². The van der Waals surface area contributed by atoms with Gasteiger partial charge in [0.15, 0.2) is 5.78 Å². The third kappa shape index (κ3) is 3.36. The molecule has 4 nitrogen and oxygen atoms in total. The lowest BCUT2D eigenvalue weighted by Crippen LogP contribution is -2.33. The number of furan rings is 1. The number of carbonyl (C=O) groups is 2. The first-order chi connectivity index (χ1) is 11.6. The lowest BCUT2D eigenvalue weighted by atomic mass is 9.76. The second-order valence-electron chi connectivity index (χ2n) is 5.63. The van der Waals surface area contributed by atoms with Crippen LogP contribution in [-0.2, 0) is 14.3 Å². The summed E-state index contributed by atoms with van der Waals surface area (Å²) in [5.41, 5.74) is 1.86. The third-order valence-corrected chi connectivity index (χ3v) is 4.66. The predicted octanol–water partition coefficient (Wildman–Crippen LogP) is 4.36. The molecule has 0 aliphatic heterocycles. The second kappa shape index (κ2) is 7.18. The van der Waals surface area contributed by atoms with E-state index in [-0.39, 0.29) is 18.3 Å². The Morgan fingerprint density at radius 3 is 2.67 bits per heavy atom. The van der Waals surface area contributed by atoms with Gasteiger partial charge in [-0.3, -0.25) is 9.59 Å². The zero-order valence-corrected chi connectivity index (χ0v) is 14.8. The van der Waals surface area contributed by atoms with E-state index in [0.717, 1.165) is 15.6 Å². The lowest BCUT2D eigenvalue weighted by Gasteiger charge is -2.27. The fraction of sp³-hybridized carbons (Fsp3) is 0.263. The fourth-order valence-corrected chi connectivity index (χ4v) is 3.28. The van der Waals surface area contributed by atoms with Gasteiger partial charge in [0, 0.05) is 10.4 Å². The number of halogens is 1. The molecule has 24 heavy (non-hydrogen) atoms. The number of allylic oxidation sites excluding steroid dienone is 2. The minimum atomic E-state index is -0.852. The van der Waals surface area contributed by atoms with Crippen LogP contribution in [0.15, 0.2) is 57.6 Å². The quantitative estimate of drug-likeness (QED) is 0.576. The summed E-state index contributed by atoms with van der Waals surface area (Å²) < 4.78 is 11.6. The molecular weight excluding hydrogens is 372 g/mol. The molecule has 0 saturated carbocycles. The summed E-state index contributed by atoms with van der Waals surface area (Å²) in [4.78, 5) is 24.9. The van der Waals surface area contributed by atoms with Crippen molar-refractivity contribution in [3.63, 3.8) is 0 Å². The van der Waals surface area contributed by atoms with Crippen molar-refractivity contribution in [2.75, 3.05) is 6.61 Å². The molecule has 0 bridgehead atoms. The van der Waals surface area contributed by atoms with Crippen LogP contribution in [0.4, 0.5) is 0 Å². The van der Waals surface area contributed by atoms with Crippen LogP contribution in [0.25, 0.3) is 5.57 Å². The summed E-state index contributed by atoms with van der Waals surface area (Å²) in [5, 5.41) is 0. The van der Waals surface area contributed by atoms with Crippen LogP contribution in [0.5, 0.6) is 0 Å². The highest BCUT2D eigenvalue weighted by Crippen LogP contribution is 2.40. The van der Waals surface area contributed by atoms with E-state index in [0.29, 0.717) is 12.2 Å². The highest BCUT2D eigenvalue weighted by molar-refractivity contribution is 9.10. The molecule has 1 aromatic heterocycles. The first-order valence-electron chi connectivity index (χ1n) is 7.80. The Hall–Kier alpha value is -2.14. The largest absolute Gasteiger partial charge is 0.469 e. The number of ether oxygens (including phenoxy) is 1. The maximum Gasteiger partial charge on any atom is 0.317 e. The molecule has 2 aromatic rings. The van der Waals surface area contributed by atoms with Gasteiger partial charge >= 0.3 is 5.97 Å². The Labute approximate surface area is 148 Å². The second-order valence-corrected chi connectivity index (χ2v) is 6.55. The summed E-state index contributed by atoms with van der Waals surface area (Å²) >= 11 is 3.41. The molecule has 0 fully saturated rings. The van der Waals surface area contributed by atoms with Gasteiger partial charge in [0.2, 0.25) is 0 Å². The maximum atomic E-state index is 12.6. The molecule has 1 aromatic carbocycles. The van der Waals surface area contributed by atoms with Crippen molar-refractivity contribution in [3.05, 3.63) is 64.5 Å². The molecule has 3 rings (SSSR count). The van der Waals surface area contributed by atoms with Crippen LogP contribution >= 0.6 is 15.9 Å². The van der Waals surface area contributed by atoms with E-state index >= 15 is 0 Å². The SMILES string of the molecule is CCOC(=O)[C@@H]1C(=O)C=C(c2ccc(Br)cc2)C[C@H]1c1ccco1. The van der Waals surface area contributed by atoms with Crippen LogP contribution in [-0.4, -0.2) is 18.4 Å². The van der Waals surface area contributed by atoms with E-state index in [1.54, 1.807) is 31.4 Å². The molecule has 0 spiro atoms. The fourth-order valence-electron chi connectivity index (χ4n) is 3.02. The van der Waals surface area contributed by atoms with Crippen molar-refractivity contribution in [3.8, 4) is 0 Å². The maximum absolute atomic E-state index is 12.6. The van der Waals surface area contributed by atoms with Gasteiger partial charge in [-0.2, -0.15) is 0 Å². The zero-order valence-electron chi connectivity index (χ0n) is 13.2. The van der Waals surface area contributed by atoms with Crippen LogP contribution in [0.1, 0.15) is 30.6 Å². The molecule has 0 radical (unpaired) electrons. The van der Waals surface area contributed by atoms with E-state index < -0.39 is 11.9 Å². The van der Waals surface area contributed by atoms with E-state index in [9.17, 15) is 9.59 Å². The average Bonchev–Trinajstić information content (AvgIpc) is 3.09.